The molecule has 1 aromatic heterocycles. The van der Waals surface area contributed by atoms with Gasteiger partial charge in [-0.15, -0.1) is 5.10 Å². The van der Waals surface area contributed by atoms with Crippen molar-refractivity contribution < 1.29 is 14.3 Å². The van der Waals surface area contributed by atoms with Crippen molar-refractivity contribution in [1.29, 1.82) is 0 Å². The summed E-state index contributed by atoms with van der Waals surface area (Å²) in [7, 11) is 0. The molecule has 0 radical (unpaired) electrons. The highest BCUT2D eigenvalue weighted by molar-refractivity contribution is 5.97. The highest BCUT2D eigenvalue weighted by Gasteiger charge is 2.38. The van der Waals surface area contributed by atoms with Crippen molar-refractivity contribution >= 4 is 11.7 Å². The summed E-state index contributed by atoms with van der Waals surface area (Å²) >= 11 is 0. The molecular formula is C17H18N4O3. The Hall–Kier alpha value is -2.54. The number of hydrogen-bond donors (Lipinski definition) is 0. The van der Waals surface area contributed by atoms with Crippen molar-refractivity contribution in [3.05, 3.63) is 47.3 Å². The van der Waals surface area contributed by atoms with Gasteiger partial charge >= 0.3 is 0 Å². The smallest absolute Gasteiger partial charge is 0.253 e. The van der Waals surface area contributed by atoms with E-state index < -0.39 is 0 Å². The second-order valence-electron chi connectivity index (χ2n) is 6.26. The second-order valence-corrected chi connectivity index (χ2v) is 6.26. The van der Waals surface area contributed by atoms with E-state index in [-0.39, 0.29) is 23.8 Å². The Labute approximate surface area is 139 Å². The van der Waals surface area contributed by atoms with E-state index in [1.165, 1.54) is 6.92 Å². The number of benzene rings is 1. The maximum absolute atomic E-state index is 12.8. The van der Waals surface area contributed by atoms with Crippen molar-refractivity contribution in [2.24, 2.45) is 0 Å². The Bertz CT molecular complexity index is 783. The molecule has 0 aliphatic carbocycles. The third kappa shape index (κ3) is 2.50. The molecule has 2 aliphatic heterocycles. The maximum atomic E-state index is 12.8. The topological polar surface area (TPSA) is 77.3 Å². The van der Waals surface area contributed by atoms with Gasteiger partial charge in [-0.3, -0.25) is 9.59 Å². The fourth-order valence-corrected chi connectivity index (χ4v) is 3.39. The molecule has 7 nitrogen and oxygen atoms in total. The summed E-state index contributed by atoms with van der Waals surface area (Å²) in [5, 5.41) is 8.10. The summed E-state index contributed by atoms with van der Waals surface area (Å²) in [6.07, 6.45) is 2.56. The summed E-state index contributed by atoms with van der Waals surface area (Å²) in [4.78, 5) is 25.9. The number of carbonyl (C=O) groups excluding carboxylic acids is 2. The fraction of sp³-hybridized carbons (Fsp3) is 0.412. The number of aromatic nitrogens is 3. The van der Waals surface area contributed by atoms with Gasteiger partial charge in [0.1, 0.15) is 0 Å². The Balaban J connectivity index is 1.53. The SMILES string of the molecule is CC(=O)c1ccc(C(=O)N2CCC3OCc4cnnn4C3C2)cc1. The van der Waals surface area contributed by atoms with Crippen LogP contribution in [0, 0.1) is 0 Å². The summed E-state index contributed by atoms with van der Waals surface area (Å²) in [5.74, 6) is -0.0383. The van der Waals surface area contributed by atoms with Crippen LogP contribution in [0.5, 0.6) is 0 Å². The lowest BCUT2D eigenvalue weighted by molar-refractivity contribution is -0.0605. The highest BCUT2D eigenvalue weighted by Crippen LogP contribution is 2.30. The van der Waals surface area contributed by atoms with E-state index in [0.717, 1.165) is 12.1 Å². The van der Waals surface area contributed by atoms with Crippen molar-refractivity contribution in [1.82, 2.24) is 19.9 Å². The number of hydrogen-bond acceptors (Lipinski definition) is 5. The molecule has 2 aliphatic rings. The lowest BCUT2D eigenvalue weighted by Gasteiger charge is -2.41. The van der Waals surface area contributed by atoms with E-state index in [1.807, 2.05) is 9.58 Å². The van der Waals surface area contributed by atoms with Crippen LogP contribution in [0.3, 0.4) is 0 Å². The molecule has 0 N–H and O–H groups in total. The molecule has 0 saturated carbocycles. The number of ketones is 1. The first-order chi connectivity index (χ1) is 11.6. The van der Waals surface area contributed by atoms with Crippen molar-refractivity contribution in [3.63, 3.8) is 0 Å². The standard InChI is InChI=1S/C17H18N4O3/c1-11(22)12-2-4-13(5-3-12)17(23)20-7-6-16-15(9-20)21-14(10-24-16)8-18-19-21/h2-5,8,15-16H,6-7,9-10H2,1H3. The normalized spacial score (nSPS) is 22.6. The number of nitrogens with zero attached hydrogens (tertiary/aromatic N) is 4. The van der Waals surface area contributed by atoms with Crippen LogP contribution >= 0.6 is 0 Å². The van der Waals surface area contributed by atoms with E-state index in [4.69, 9.17) is 4.74 Å². The summed E-state index contributed by atoms with van der Waals surface area (Å²) in [6.45, 7) is 3.24. The van der Waals surface area contributed by atoms with Gasteiger partial charge in [-0.1, -0.05) is 17.3 Å². The number of likely N-dealkylation sites (tertiary alicyclic amines) is 1. The monoisotopic (exact) mass is 326 g/mol. The van der Waals surface area contributed by atoms with Crippen LogP contribution in [0.15, 0.2) is 30.5 Å². The van der Waals surface area contributed by atoms with Gasteiger partial charge in [-0.2, -0.15) is 0 Å². The third-order valence-electron chi connectivity index (χ3n) is 4.75. The number of ether oxygens (including phenoxy) is 1. The van der Waals surface area contributed by atoms with E-state index in [1.54, 1.807) is 30.5 Å². The molecule has 4 rings (SSSR count). The van der Waals surface area contributed by atoms with Gasteiger partial charge in [0, 0.05) is 24.2 Å². The van der Waals surface area contributed by atoms with Crippen LogP contribution in [0.2, 0.25) is 0 Å². The van der Waals surface area contributed by atoms with Gasteiger partial charge in [-0.25, -0.2) is 4.68 Å². The molecule has 1 fully saturated rings. The summed E-state index contributed by atoms with van der Waals surface area (Å²) in [6, 6.07) is 6.82. The zero-order valence-electron chi connectivity index (χ0n) is 13.4. The fourth-order valence-electron chi connectivity index (χ4n) is 3.39. The second kappa shape index (κ2) is 5.83. The predicted molar refractivity (Wildman–Crippen MR) is 84.6 cm³/mol. The first-order valence-electron chi connectivity index (χ1n) is 8.04. The quantitative estimate of drug-likeness (QED) is 0.781. The molecule has 0 spiro atoms. The highest BCUT2D eigenvalue weighted by atomic mass is 16.5. The van der Waals surface area contributed by atoms with Gasteiger partial charge < -0.3 is 9.64 Å². The van der Waals surface area contributed by atoms with E-state index in [9.17, 15) is 9.59 Å². The number of Topliss-reactive ketones (excluding diaryl/α,β-unsaturated/α-hetero) is 1. The molecule has 0 bridgehead atoms. The first-order valence-corrected chi connectivity index (χ1v) is 8.04. The van der Waals surface area contributed by atoms with E-state index >= 15 is 0 Å². The van der Waals surface area contributed by atoms with Gasteiger partial charge in [0.05, 0.1) is 30.6 Å². The zero-order chi connectivity index (χ0) is 16.7. The summed E-state index contributed by atoms with van der Waals surface area (Å²) in [5.41, 5.74) is 2.14. The predicted octanol–water partition coefficient (Wildman–Crippen LogP) is 1.47. The maximum Gasteiger partial charge on any atom is 0.253 e. The molecule has 1 saturated heterocycles. The number of piperidine rings is 1. The number of fused-ring (bicyclic) bond motifs is 3. The van der Waals surface area contributed by atoms with Gasteiger partial charge in [0.25, 0.3) is 5.91 Å². The van der Waals surface area contributed by atoms with Crippen LogP contribution in [0.25, 0.3) is 0 Å². The molecule has 2 atom stereocenters. The number of carbonyl (C=O) groups is 2. The molecule has 7 heteroatoms. The lowest BCUT2D eigenvalue weighted by atomic mass is 9.99. The summed E-state index contributed by atoms with van der Waals surface area (Å²) < 4.78 is 7.75. The van der Waals surface area contributed by atoms with Crippen LogP contribution in [0.1, 0.15) is 45.8 Å². The Morgan fingerprint density at radius 3 is 2.71 bits per heavy atom. The van der Waals surface area contributed by atoms with Gasteiger partial charge in [0.2, 0.25) is 0 Å². The molecule has 1 aromatic carbocycles. The largest absolute Gasteiger partial charge is 0.370 e. The van der Waals surface area contributed by atoms with Crippen molar-refractivity contribution in [3.8, 4) is 0 Å². The van der Waals surface area contributed by atoms with Gasteiger partial charge in [0.15, 0.2) is 5.78 Å². The average molecular weight is 326 g/mol. The Kier molecular flexibility index (Phi) is 3.65. The minimum Gasteiger partial charge on any atom is -0.370 e. The Morgan fingerprint density at radius 2 is 1.96 bits per heavy atom. The van der Waals surface area contributed by atoms with Crippen LogP contribution in [0.4, 0.5) is 0 Å². The molecule has 2 unspecified atom stereocenters. The molecule has 24 heavy (non-hydrogen) atoms. The molecule has 3 heterocycles. The number of amides is 1. The Morgan fingerprint density at radius 1 is 1.21 bits per heavy atom. The zero-order valence-corrected chi connectivity index (χ0v) is 13.4. The number of rotatable bonds is 2. The molecular weight excluding hydrogens is 308 g/mol. The molecule has 124 valence electrons. The van der Waals surface area contributed by atoms with E-state index in [2.05, 4.69) is 10.3 Å². The van der Waals surface area contributed by atoms with Crippen LogP contribution in [-0.4, -0.2) is 50.8 Å². The first kappa shape index (κ1) is 15.0. The van der Waals surface area contributed by atoms with Crippen LogP contribution in [-0.2, 0) is 11.3 Å². The van der Waals surface area contributed by atoms with Crippen molar-refractivity contribution in [2.75, 3.05) is 13.1 Å². The third-order valence-corrected chi connectivity index (χ3v) is 4.75. The lowest BCUT2D eigenvalue weighted by Crippen LogP contribution is -2.49. The molecule has 2 aromatic rings. The van der Waals surface area contributed by atoms with Crippen LogP contribution < -0.4 is 0 Å². The average Bonchev–Trinajstić information content (AvgIpc) is 3.10. The van der Waals surface area contributed by atoms with Gasteiger partial charge in [-0.05, 0) is 25.5 Å². The van der Waals surface area contributed by atoms with Crippen molar-refractivity contribution in [2.45, 2.75) is 32.1 Å². The minimum atomic E-state index is -0.0317. The molecule has 1 amide bonds. The minimum absolute atomic E-state index is 0.00504. The van der Waals surface area contributed by atoms with E-state index in [0.29, 0.717) is 30.8 Å².